The summed E-state index contributed by atoms with van der Waals surface area (Å²) in [5.41, 5.74) is 3.27. The van der Waals surface area contributed by atoms with E-state index < -0.39 is 0 Å². The summed E-state index contributed by atoms with van der Waals surface area (Å²) in [6.45, 7) is 8.73. The number of hydrogen-bond donors (Lipinski definition) is 0. The summed E-state index contributed by atoms with van der Waals surface area (Å²) in [5.74, 6) is 0.347. The van der Waals surface area contributed by atoms with Gasteiger partial charge < -0.3 is 4.90 Å². The van der Waals surface area contributed by atoms with Crippen LogP contribution < -0.4 is 0 Å². The molecule has 1 fully saturated rings. The molecule has 2 aliphatic heterocycles. The normalized spacial score (nSPS) is 20.2. The molecule has 0 saturated carbocycles. The molecule has 0 bridgehead atoms. The van der Waals surface area contributed by atoms with E-state index in [1.807, 2.05) is 31.2 Å². The maximum Gasteiger partial charge on any atom is 0.277 e. The quantitative estimate of drug-likeness (QED) is 0.427. The summed E-state index contributed by atoms with van der Waals surface area (Å²) in [5, 5.41) is 0. The monoisotopic (exact) mass is 396 g/mol. The van der Waals surface area contributed by atoms with Gasteiger partial charge in [0.1, 0.15) is 5.70 Å². The Morgan fingerprint density at radius 1 is 0.966 bits per heavy atom. The van der Waals surface area contributed by atoms with Crippen molar-refractivity contribution >= 4 is 17.4 Å². The van der Waals surface area contributed by atoms with Crippen LogP contribution >= 0.6 is 0 Å². The first-order valence-electron chi connectivity index (χ1n) is 11.5. The van der Waals surface area contributed by atoms with E-state index in [9.17, 15) is 9.59 Å². The Kier molecular flexibility index (Phi) is 7.51. The summed E-state index contributed by atoms with van der Waals surface area (Å²) in [6, 6.07) is 8.01. The average molecular weight is 397 g/mol. The molecule has 1 unspecified atom stereocenters. The highest BCUT2D eigenvalue weighted by molar-refractivity contribution is 6.35. The number of aryl methyl sites for hydroxylation is 1. The second kappa shape index (κ2) is 10.1. The van der Waals surface area contributed by atoms with Gasteiger partial charge in [0.05, 0.1) is 5.57 Å². The SMILES string of the molecule is CCCCCCCCN1C(=O)C(c2ccc(C)cc2)=C(N2CCCC(C)C2)C1=O. The Balaban J connectivity index is 1.80. The highest BCUT2D eigenvalue weighted by Gasteiger charge is 2.41. The number of hydrogen-bond acceptors (Lipinski definition) is 3. The van der Waals surface area contributed by atoms with Gasteiger partial charge in [-0.1, -0.05) is 75.8 Å². The van der Waals surface area contributed by atoms with Gasteiger partial charge in [0.2, 0.25) is 0 Å². The predicted octanol–water partition coefficient (Wildman–Crippen LogP) is 5.17. The van der Waals surface area contributed by atoms with E-state index in [2.05, 4.69) is 18.7 Å². The molecule has 2 aliphatic rings. The Morgan fingerprint density at radius 3 is 2.34 bits per heavy atom. The number of carbonyl (C=O) groups excluding carboxylic acids is 2. The number of likely N-dealkylation sites (tertiary alicyclic amines) is 1. The number of amides is 2. The van der Waals surface area contributed by atoms with Crippen LogP contribution in [0.3, 0.4) is 0 Å². The molecule has 0 aromatic heterocycles. The van der Waals surface area contributed by atoms with Crippen LogP contribution in [0.5, 0.6) is 0 Å². The summed E-state index contributed by atoms with van der Waals surface area (Å²) in [4.78, 5) is 30.3. The Labute approximate surface area is 176 Å². The van der Waals surface area contributed by atoms with Crippen LogP contribution in [-0.2, 0) is 9.59 Å². The second-order valence-electron chi connectivity index (χ2n) is 8.81. The smallest absolute Gasteiger partial charge is 0.277 e. The molecule has 1 aromatic rings. The van der Waals surface area contributed by atoms with E-state index in [0.29, 0.717) is 23.7 Å². The summed E-state index contributed by atoms with van der Waals surface area (Å²) < 4.78 is 0. The largest absolute Gasteiger partial charge is 0.366 e. The molecule has 1 saturated heterocycles. The minimum atomic E-state index is -0.111. The number of piperidine rings is 1. The molecule has 158 valence electrons. The van der Waals surface area contributed by atoms with Crippen LogP contribution in [0.25, 0.3) is 5.57 Å². The van der Waals surface area contributed by atoms with Crippen molar-refractivity contribution in [2.45, 2.75) is 72.1 Å². The van der Waals surface area contributed by atoms with Crippen LogP contribution in [0, 0.1) is 12.8 Å². The van der Waals surface area contributed by atoms with Gasteiger partial charge in [-0.15, -0.1) is 0 Å². The standard InChI is InChI=1S/C25H36N2O2/c1-4-5-6-7-8-9-17-27-24(28)22(21-14-12-19(2)13-15-21)23(25(27)29)26-16-10-11-20(3)18-26/h12-15,20H,4-11,16-18H2,1-3H3. The summed E-state index contributed by atoms with van der Waals surface area (Å²) in [7, 11) is 0. The average Bonchev–Trinajstić information content (AvgIpc) is 2.95. The van der Waals surface area contributed by atoms with E-state index in [1.165, 1.54) is 37.0 Å². The molecule has 29 heavy (non-hydrogen) atoms. The van der Waals surface area contributed by atoms with E-state index >= 15 is 0 Å². The Morgan fingerprint density at radius 2 is 1.66 bits per heavy atom. The molecule has 2 heterocycles. The third-order valence-corrected chi connectivity index (χ3v) is 6.19. The minimum absolute atomic E-state index is 0.0896. The molecule has 2 amide bonds. The molecule has 1 aromatic carbocycles. The van der Waals surface area contributed by atoms with E-state index in [-0.39, 0.29) is 11.8 Å². The Hall–Kier alpha value is -2.10. The first-order valence-corrected chi connectivity index (χ1v) is 11.5. The molecular formula is C25H36N2O2. The maximum absolute atomic E-state index is 13.3. The molecule has 0 spiro atoms. The van der Waals surface area contributed by atoms with Crippen molar-refractivity contribution in [3.8, 4) is 0 Å². The summed E-state index contributed by atoms with van der Waals surface area (Å²) in [6.07, 6.45) is 9.14. The molecule has 0 radical (unpaired) electrons. The number of nitrogens with zero attached hydrogens (tertiary/aromatic N) is 2. The van der Waals surface area contributed by atoms with Crippen molar-refractivity contribution in [2.24, 2.45) is 5.92 Å². The third-order valence-electron chi connectivity index (χ3n) is 6.19. The predicted molar refractivity (Wildman–Crippen MR) is 118 cm³/mol. The molecule has 3 rings (SSSR count). The van der Waals surface area contributed by atoms with Gasteiger partial charge in [0.15, 0.2) is 0 Å². The fraction of sp³-hybridized carbons (Fsp3) is 0.600. The number of imide groups is 1. The lowest BCUT2D eigenvalue weighted by Gasteiger charge is -2.33. The van der Waals surface area contributed by atoms with Crippen LogP contribution in [0.15, 0.2) is 30.0 Å². The van der Waals surface area contributed by atoms with Crippen molar-refractivity contribution in [1.29, 1.82) is 0 Å². The number of benzene rings is 1. The van der Waals surface area contributed by atoms with Crippen LogP contribution in [0.4, 0.5) is 0 Å². The van der Waals surface area contributed by atoms with Crippen molar-refractivity contribution < 1.29 is 9.59 Å². The lowest BCUT2D eigenvalue weighted by atomic mass is 9.97. The second-order valence-corrected chi connectivity index (χ2v) is 8.81. The molecule has 1 atom stereocenters. The van der Waals surface area contributed by atoms with Gasteiger partial charge in [-0.05, 0) is 37.7 Å². The fourth-order valence-corrected chi connectivity index (χ4v) is 4.48. The fourth-order valence-electron chi connectivity index (χ4n) is 4.48. The highest BCUT2D eigenvalue weighted by atomic mass is 16.2. The van der Waals surface area contributed by atoms with Crippen LogP contribution in [0.1, 0.15) is 76.3 Å². The molecule has 0 N–H and O–H groups in total. The highest BCUT2D eigenvalue weighted by Crippen LogP contribution is 2.34. The molecular weight excluding hydrogens is 360 g/mol. The van der Waals surface area contributed by atoms with Gasteiger partial charge in [-0.25, -0.2) is 0 Å². The molecule has 4 heteroatoms. The molecule has 4 nitrogen and oxygen atoms in total. The van der Waals surface area contributed by atoms with Crippen molar-refractivity contribution in [1.82, 2.24) is 9.80 Å². The van der Waals surface area contributed by atoms with Gasteiger partial charge in [-0.3, -0.25) is 14.5 Å². The van der Waals surface area contributed by atoms with Crippen molar-refractivity contribution in [3.63, 3.8) is 0 Å². The van der Waals surface area contributed by atoms with E-state index in [0.717, 1.165) is 43.5 Å². The zero-order valence-corrected chi connectivity index (χ0v) is 18.4. The first-order chi connectivity index (χ1) is 14.0. The number of rotatable bonds is 9. The zero-order valence-electron chi connectivity index (χ0n) is 18.4. The van der Waals surface area contributed by atoms with Crippen molar-refractivity contribution in [2.75, 3.05) is 19.6 Å². The lowest BCUT2D eigenvalue weighted by molar-refractivity contribution is -0.137. The van der Waals surface area contributed by atoms with Gasteiger partial charge in [0, 0.05) is 19.6 Å². The minimum Gasteiger partial charge on any atom is -0.366 e. The van der Waals surface area contributed by atoms with Gasteiger partial charge >= 0.3 is 0 Å². The molecule has 0 aliphatic carbocycles. The Bertz CT molecular complexity index is 751. The van der Waals surface area contributed by atoms with Crippen LogP contribution in [0.2, 0.25) is 0 Å². The number of carbonyl (C=O) groups is 2. The first kappa shape index (κ1) is 21.6. The van der Waals surface area contributed by atoms with Gasteiger partial charge in [-0.2, -0.15) is 0 Å². The van der Waals surface area contributed by atoms with E-state index in [4.69, 9.17) is 0 Å². The number of unbranched alkanes of at least 4 members (excludes halogenated alkanes) is 5. The van der Waals surface area contributed by atoms with Crippen LogP contribution in [-0.4, -0.2) is 41.2 Å². The van der Waals surface area contributed by atoms with Crippen molar-refractivity contribution in [3.05, 3.63) is 41.1 Å². The maximum atomic E-state index is 13.3. The van der Waals surface area contributed by atoms with Gasteiger partial charge in [0.25, 0.3) is 11.8 Å². The lowest BCUT2D eigenvalue weighted by Crippen LogP contribution is -2.39. The third kappa shape index (κ3) is 5.09. The zero-order chi connectivity index (χ0) is 20.8. The van der Waals surface area contributed by atoms with E-state index in [1.54, 1.807) is 0 Å². The topological polar surface area (TPSA) is 40.6 Å². The summed E-state index contributed by atoms with van der Waals surface area (Å²) >= 11 is 0.